The van der Waals surface area contributed by atoms with Crippen LogP contribution in [0, 0.1) is 20.8 Å². The molecule has 0 radical (unpaired) electrons. The van der Waals surface area contributed by atoms with E-state index in [-0.39, 0.29) is 17.9 Å². The molecule has 5 heteroatoms. The maximum Gasteiger partial charge on any atom is 0.255 e. The summed E-state index contributed by atoms with van der Waals surface area (Å²) in [5, 5.41) is 3.08. The predicted octanol–water partition coefficient (Wildman–Crippen LogP) is 4.20. The first-order valence-electron chi connectivity index (χ1n) is 9.87. The highest BCUT2D eigenvalue weighted by molar-refractivity contribution is 6.09. The quantitative estimate of drug-likeness (QED) is 0.872. The smallest absolute Gasteiger partial charge is 0.255 e. The van der Waals surface area contributed by atoms with E-state index in [1.165, 1.54) is 5.56 Å². The molecule has 2 aromatic rings. The van der Waals surface area contributed by atoms with Gasteiger partial charge in [0, 0.05) is 24.3 Å². The number of aryl methyl sites for hydroxylation is 3. The molecule has 28 heavy (non-hydrogen) atoms. The Bertz CT molecular complexity index is 955. The van der Waals surface area contributed by atoms with E-state index in [4.69, 9.17) is 0 Å². The number of carbonyl (C=O) groups excluding carboxylic acids is 2. The standard InChI is InChI=1S/C23H27N3O2/c1-13-10-14(2)21(15(3)11-13)24-22(27)17-6-9-19-20(12-17)26(18-7-8-18)16(4)23(28)25(19)5/h6,9-12,16,18H,7-8H2,1-5H3,(H,24,27). The van der Waals surface area contributed by atoms with Crippen LogP contribution in [0.3, 0.4) is 0 Å². The van der Waals surface area contributed by atoms with Gasteiger partial charge in [-0.2, -0.15) is 0 Å². The number of nitrogens with one attached hydrogen (secondary N) is 1. The molecule has 0 aromatic heterocycles. The van der Waals surface area contributed by atoms with Crippen LogP contribution >= 0.6 is 0 Å². The summed E-state index contributed by atoms with van der Waals surface area (Å²) in [6, 6.07) is 9.97. The Hall–Kier alpha value is -2.82. The zero-order valence-electron chi connectivity index (χ0n) is 17.2. The Morgan fingerprint density at radius 1 is 1.04 bits per heavy atom. The van der Waals surface area contributed by atoms with Crippen LogP contribution in [-0.2, 0) is 4.79 Å². The van der Waals surface area contributed by atoms with Crippen molar-refractivity contribution in [3.63, 3.8) is 0 Å². The molecule has 1 fully saturated rings. The van der Waals surface area contributed by atoms with Gasteiger partial charge in [0.05, 0.1) is 11.4 Å². The number of benzene rings is 2. The van der Waals surface area contributed by atoms with Crippen LogP contribution in [-0.4, -0.2) is 30.9 Å². The number of hydrogen-bond donors (Lipinski definition) is 1. The summed E-state index contributed by atoms with van der Waals surface area (Å²) in [5.74, 6) is -0.0247. The number of likely N-dealkylation sites (N-methyl/N-ethyl adjacent to an activating group) is 1. The van der Waals surface area contributed by atoms with Crippen LogP contribution in [0.5, 0.6) is 0 Å². The molecule has 0 spiro atoms. The van der Waals surface area contributed by atoms with Crippen molar-refractivity contribution in [2.45, 2.75) is 52.6 Å². The fraction of sp³-hybridized carbons (Fsp3) is 0.391. The summed E-state index contributed by atoms with van der Waals surface area (Å²) in [7, 11) is 1.81. The van der Waals surface area contributed by atoms with E-state index in [0.717, 1.165) is 41.0 Å². The molecular weight excluding hydrogens is 350 g/mol. The average Bonchev–Trinajstić information content (AvgIpc) is 3.47. The van der Waals surface area contributed by atoms with Crippen LogP contribution in [0.4, 0.5) is 17.1 Å². The Balaban J connectivity index is 1.69. The number of amides is 2. The molecule has 0 saturated heterocycles. The summed E-state index contributed by atoms with van der Waals surface area (Å²) in [6.07, 6.45) is 2.19. The number of carbonyl (C=O) groups is 2. The molecule has 1 heterocycles. The second kappa shape index (κ2) is 6.66. The molecule has 146 valence electrons. The van der Waals surface area contributed by atoms with Crippen molar-refractivity contribution < 1.29 is 9.59 Å². The average molecular weight is 377 g/mol. The fourth-order valence-electron chi connectivity index (χ4n) is 4.31. The van der Waals surface area contributed by atoms with Crippen molar-refractivity contribution in [1.29, 1.82) is 0 Å². The van der Waals surface area contributed by atoms with Gasteiger partial charge in [-0.15, -0.1) is 0 Å². The van der Waals surface area contributed by atoms with Gasteiger partial charge in [-0.25, -0.2) is 0 Å². The number of rotatable bonds is 3. The molecule has 2 amide bonds. The van der Waals surface area contributed by atoms with Crippen molar-refractivity contribution in [1.82, 2.24) is 0 Å². The van der Waals surface area contributed by atoms with E-state index in [9.17, 15) is 9.59 Å². The lowest BCUT2D eigenvalue weighted by Crippen LogP contribution is -2.51. The largest absolute Gasteiger partial charge is 0.355 e. The number of anilines is 3. The van der Waals surface area contributed by atoms with E-state index in [1.54, 1.807) is 18.0 Å². The first-order chi connectivity index (χ1) is 13.3. The van der Waals surface area contributed by atoms with Crippen molar-refractivity contribution in [2.75, 3.05) is 22.2 Å². The Kier molecular flexibility index (Phi) is 4.41. The SMILES string of the molecule is Cc1cc(C)c(NC(=O)c2ccc3c(c2)N(C2CC2)C(C)C(=O)N3C)c(C)c1. The first kappa shape index (κ1) is 18.5. The normalized spacial score (nSPS) is 18.9. The lowest BCUT2D eigenvalue weighted by Gasteiger charge is -2.40. The van der Waals surface area contributed by atoms with Crippen LogP contribution in [0.15, 0.2) is 30.3 Å². The van der Waals surface area contributed by atoms with Crippen molar-refractivity contribution in [3.8, 4) is 0 Å². The molecule has 0 bridgehead atoms. The van der Waals surface area contributed by atoms with Gasteiger partial charge < -0.3 is 15.1 Å². The Labute approximate surface area is 166 Å². The third-order valence-corrected chi connectivity index (χ3v) is 5.84. The van der Waals surface area contributed by atoms with Crippen molar-refractivity contribution in [2.24, 2.45) is 0 Å². The molecule has 1 aliphatic carbocycles. The zero-order chi connectivity index (χ0) is 20.2. The highest BCUT2D eigenvalue weighted by Crippen LogP contribution is 2.42. The summed E-state index contributed by atoms with van der Waals surface area (Å²) < 4.78 is 0. The zero-order valence-corrected chi connectivity index (χ0v) is 17.2. The van der Waals surface area contributed by atoms with Gasteiger partial charge in [0.2, 0.25) is 5.91 Å². The Morgan fingerprint density at radius 2 is 1.68 bits per heavy atom. The van der Waals surface area contributed by atoms with Crippen LogP contribution in [0.25, 0.3) is 0 Å². The maximum absolute atomic E-state index is 13.0. The number of hydrogen-bond acceptors (Lipinski definition) is 3. The molecule has 2 aromatic carbocycles. The molecular formula is C23H27N3O2. The van der Waals surface area contributed by atoms with Crippen LogP contribution in [0.1, 0.15) is 46.8 Å². The van der Waals surface area contributed by atoms with E-state index in [0.29, 0.717) is 11.6 Å². The molecule has 5 nitrogen and oxygen atoms in total. The van der Waals surface area contributed by atoms with Gasteiger partial charge in [0.1, 0.15) is 6.04 Å². The minimum atomic E-state index is -0.204. The predicted molar refractivity (Wildman–Crippen MR) is 113 cm³/mol. The molecule has 1 aliphatic heterocycles. The topological polar surface area (TPSA) is 52.7 Å². The van der Waals surface area contributed by atoms with Gasteiger partial charge >= 0.3 is 0 Å². The maximum atomic E-state index is 13.0. The highest BCUT2D eigenvalue weighted by Gasteiger charge is 2.41. The van der Waals surface area contributed by atoms with Crippen LogP contribution in [0.2, 0.25) is 0 Å². The van der Waals surface area contributed by atoms with E-state index < -0.39 is 0 Å². The second-order valence-corrected chi connectivity index (χ2v) is 8.14. The highest BCUT2D eigenvalue weighted by atomic mass is 16.2. The molecule has 2 aliphatic rings. The minimum Gasteiger partial charge on any atom is -0.355 e. The molecule has 1 N–H and O–H groups in total. The fourth-order valence-corrected chi connectivity index (χ4v) is 4.31. The first-order valence-corrected chi connectivity index (χ1v) is 9.87. The summed E-state index contributed by atoms with van der Waals surface area (Å²) in [5.41, 5.74) is 6.62. The second-order valence-electron chi connectivity index (χ2n) is 8.14. The van der Waals surface area contributed by atoms with Gasteiger partial charge in [0.25, 0.3) is 5.91 Å². The van der Waals surface area contributed by atoms with Crippen molar-refractivity contribution >= 4 is 28.9 Å². The molecule has 1 saturated carbocycles. The monoisotopic (exact) mass is 377 g/mol. The summed E-state index contributed by atoms with van der Waals surface area (Å²) >= 11 is 0. The van der Waals surface area contributed by atoms with Crippen LogP contribution < -0.4 is 15.1 Å². The third kappa shape index (κ3) is 3.05. The Morgan fingerprint density at radius 3 is 2.29 bits per heavy atom. The van der Waals surface area contributed by atoms with Gasteiger partial charge in [-0.3, -0.25) is 9.59 Å². The van der Waals surface area contributed by atoms with Gasteiger partial charge in [-0.05, 0) is 69.9 Å². The molecule has 1 atom stereocenters. The number of nitrogens with zero attached hydrogens (tertiary/aromatic N) is 2. The van der Waals surface area contributed by atoms with E-state index in [1.807, 2.05) is 32.9 Å². The molecule has 1 unspecified atom stereocenters. The van der Waals surface area contributed by atoms with E-state index >= 15 is 0 Å². The van der Waals surface area contributed by atoms with Gasteiger partial charge in [0.15, 0.2) is 0 Å². The van der Waals surface area contributed by atoms with Gasteiger partial charge in [-0.1, -0.05) is 17.7 Å². The number of fused-ring (bicyclic) bond motifs is 1. The van der Waals surface area contributed by atoms with Crippen molar-refractivity contribution in [3.05, 3.63) is 52.6 Å². The lowest BCUT2D eigenvalue weighted by molar-refractivity contribution is -0.119. The third-order valence-electron chi connectivity index (χ3n) is 5.84. The summed E-state index contributed by atoms with van der Waals surface area (Å²) in [4.78, 5) is 29.5. The summed E-state index contributed by atoms with van der Waals surface area (Å²) in [6.45, 7) is 8.03. The van der Waals surface area contributed by atoms with E-state index in [2.05, 4.69) is 29.3 Å². The molecule has 4 rings (SSSR count). The lowest BCUT2D eigenvalue weighted by atomic mass is 10.0. The minimum absolute atomic E-state index is 0.0995.